The SMILES string of the molecule is [CH2]CCCN[SH](=O)=O. The Balaban J connectivity index is 2.94. The number of thiol groups is 1. The van der Waals surface area contributed by atoms with Crippen molar-refractivity contribution in [2.45, 2.75) is 12.8 Å². The van der Waals surface area contributed by atoms with E-state index in [0.29, 0.717) is 6.54 Å². The molecule has 0 aromatic rings. The first kappa shape index (κ1) is 7.91. The molecule has 0 amide bonds. The van der Waals surface area contributed by atoms with Gasteiger partial charge in [-0.05, 0) is 6.42 Å². The third-order valence-corrected chi connectivity index (χ3v) is 1.15. The fourth-order valence-electron chi connectivity index (χ4n) is 0.295. The maximum Gasteiger partial charge on any atom is 0.201 e. The molecule has 0 atom stereocenters. The minimum Gasteiger partial charge on any atom is -0.218 e. The topological polar surface area (TPSA) is 46.2 Å². The fourth-order valence-corrected chi connectivity index (χ4v) is 0.636. The second-order valence-electron chi connectivity index (χ2n) is 1.37. The lowest BCUT2D eigenvalue weighted by atomic mass is 10.3. The van der Waals surface area contributed by atoms with E-state index < -0.39 is 10.9 Å². The molecule has 0 aromatic heterocycles. The molecule has 1 radical (unpaired) electrons. The molecule has 0 rings (SSSR count). The Morgan fingerprint density at radius 2 is 2.12 bits per heavy atom. The molecule has 4 heteroatoms. The Hall–Kier alpha value is -0.0900. The second kappa shape index (κ2) is 5.05. The zero-order valence-corrected chi connectivity index (χ0v) is 5.49. The van der Waals surface area contributed by atoms with Gasteiger partial charge in [0.2, 0.25) is 10.9 Å². The molecule has 0 aliphatic rings. The number of nitrogens with one attached hydrogen (secondary N) is 1. The van der Waals surface area contributed by atoms with E-state index in [-0.39, 0.29) is 0 Å². The van der Waals surface area contributed by atoms with Crippen LogP contribution in [0, 0.1) is 6.92 Å². The van der Waals surface area contributed by atoms with Crippen molar-refractivity contribution in [3.63, 3.8) is 0 Å². The van der Waals surface area contributed by atoms with Crippen LogP contribution in [0.4, 0.5) is 0 Å². The molecule has 1 N–H and O–H groups in total. The first-order valence-corrected chi connectivity index (χ1v) is 3.62. The van der Waals surface area contributed by atoms with E-state index in [0.717, 1.165) is 12.8 Å². The molecular formula is C4H10NO2S. The van der Waals surface area contributed by atoms with E-state index >= 15 is 0 Å². The standard InChI is InChI=1S/C4H10NO2S/c1-2-3-4-5-8(6)7/h8H,1-4H2,(H,5,6,7). The van der Waals surface area contributed by atoms with Gasteiger partial charge < -0.3 is 0 Å². The Bertz CT molecular complexity index is 103. The first-order valence-electron chi connectivity index (χ1n) is 2.44. The zero-order chi connectivity index (χ0) is 6.41. The summed E-state index contributed by atoms with van der Waals surface area (Å²) in [4.78, 5) is 0. The van der Waals surface area contributed by atoms with Crippen molar-refractivity contribution in [3.05, 3.63) is 6.92 Å². The van der Waals surface area contributed by atoms with Gasteiger partial charge in [0.1, 0.15) is 0 Å². The second-order valence-corrected chi connectivity index (χ2v) is 2.20. The van der Waals surface area contributed by atoms with Gasteiger partial charge in [0.15, 0.2) is 0 Å². The maximum atomic E-state index is 9.78. The predicted molar refractivity (Wildman–Crippen MR) is 32.9 cm³/mol. The summed E-state index contributed by atoms with van der Waals surface area (Å²) in [6.07, 6.45) is 1.58. The monoisotopic (exact) mass is 136 g/mol. The number of rotatable bonds is 4. The Morgan fingerprint density at radius 1 is 1.50 bits per heavy atom. The van der Waals surface area contributed by atoms with Gasteiger partial charge in [-0.2, -0.15) is 0 Å². The minimum absolute atomic E-state index is 0.516. The summed E-state index contributed by atoms with van der Waals surface area (Å²) in [5.41, 5.74) is 0. The average Bonchev–Trinajstić information content (AvgIpc) is 1.66. The highest BCUT2D eigenvalue weighted by Gasteiger charge is 1.81. The van der Waals surface area contributed by atoms with Crippen molar-refractivity contribution >= 4 is 10.9 Å². The summed E-state index contributed by atoms with van der Waals surface area (Å²) in [5, 5.41) is 0. The van der Waals surface area contributed by atoms with Gasteiger partial charge in [0.25, 0.3) is 0 Å². The number of hydrogen-bond acceptors (Lipinski definition) is 2. The lowest BCUT2D eigenvalue weighted by molar-refractivity contribution is 0.599. The van der Waals surface area contributed by atoms with E-state index in [9.17, 15) is 8.42 Å². The summed E-state index contributed by atoms with van der Waals surface area (Å²) in [6.45, 7) is 4.06. The first-order chi connectivity index (χ1) is 3.77. The summed E-state index contributed by atoms with van der Waals surface area (Å²) in [6, 6.07) is 0. The van der Waals surface area contributed by atoms with Gasteiger partial charge >= 0.3 is 0 Å². The molecule has 0 bridgehead atoms. The molecule has 0 heterocycles. The minimum atomic E-state index is -2.39. The smallest absolute Gasteiger partial charge is 0.201 e. The van der Waals surface area contributed by atoms with Crippen LogP contribution < -0.4 is 4.72 Å². The van der Waals surface area contributed by atoms with Crippen LogP contribution in [-0.2, 0) is 10.9 Å². The van der Waals surface area contributed by atoms with Crippen molar-refractivity contribution in [2.75, 3.05) is 6.54 Å². The third-order valence-electron chi connectivity index (χ3n) is 0.668. The molecule has 0 saturated heterocycles. The van der Waals surface area contributed by atoms with Gasteiger partial charge in [-0.25, -0.2) is 13.1 Å². The zero-order valence-electron chi connectivity index (χ0n) is 4.59. The fraction of sp³-hybridized carbons (Fsp3) is 0.750. The highest BCUT2D eigenvalue weighted by atomic mass is 32.2. The van der Waals surface area contributed by atoms with Crippen molar-refractivity contribution in [2.24, 2.45) is 0 Å². The van der Waals surface area contributed by atoms with Crippen LogP contribution in [0.15, 0.2) is 0 Å². The molecule has 3 nitrogen and oxygen atoms in total. The molecule has 0 unspecified atom stereocenters. The van der Waals surface area contributed by atoms with Crippen molar-refractivity contribution in [1.82, 2.24) is 4.72 Å². The Morgan fingerprint density at radius 3 is 2.50 bits per heavy atom. The normalized spacial score (nSPS) is 10.2. The van der Waals surface area contributed by atoms with Crippen LogP contribution in [0.5, 0.6) is 0 Å². The quantitative estimate of drug-likeness (QED) is 0.412. The van der Waals surface area contributed by atoms with E-state index in [1.807, 2.05) is 0 Å². The van der Waals surface area contributed by atoms with E-state index in [1.54, 1.807) is 0 Å². The van der Waals surface area contributed by atoms with Crippen LogP contribution in [0.25, 0.3) is 0 Å². The molecular weight excluding hydrogens is 126 g/mol. The van der Waals surface area contributed by atoms with Crippen molar-refractivity contribution in [1.29, 1.82) is 0 Å². The van der Waals surface area contributed by atoms with Gasteiger partial charge in [-0.15, -0.1) is 0 Å². The number of unbranched alkanes of at least 4 members (excludes halogenated alkanes) is 1. The van der Waals surface area contributed by atoms with Crippen LogP contribution in [0.3, 0.4) is 0 Å². The van der Waals surface area contributed by atoms with E-state index in [4.69, 9.17) is 0 Å². The molecule has 0 aliphatic carbocycles. The molecule has 49 valence electrons. The van der Waals surface area contributed by atoms with E-state index in [1.165, 1.54) is 0 Å². The van der Waals surface area contributed by atoms with E-state index in [2.05, 4.69) is 11.6 Å². The lowest BCUT2D eigenvalue weighted by Gasteiger charge is -1.90. The van der Waals surface area contributed by atoms with Crippen molar-refractivity contribution < 1.29 is 8.42 Å². The van der Waals surface area contributed by atoms with Gasteiger partial charge in [0.05, 0.1) is 0 Å². The van der Waals surface area contributed by atoms with Gasteiger partial charge in [-0.3, -0.25) is 0 Å². The molecule has 0 aromatic carbocycles. The Kier molecular flexibility index (Phi) is 5.00. The predicted octanol–water partition coefficient (Wildman–Crippen LogP) is -0.283. The summed E-state index contributed by atoms with van der Waals surface area (Å²) in [5.74, 6) is 0. The van der Waals surface area contributed by atoms with Crippen LogP contribution in [0.2, 0.25) is 0 Å². The summed E-state index contributed by atoms with van der Waals surface area (Å²) < 4.78 is 21.8. The summed E-state index contributed by atoms with van der Waals surface area (Å²) in [7, 11) is -2.39. The third kappa shape index (κ3) is 5.91. The van der Waals surface area contributed by atoms with Crippen molar-refractivity contribution in [3.8, 4) is 0 Å². The highest BCUT2D eigenvalue weighted by molar-refractivity contribution is 7.70. The highest BCUT2D eigenvalue weighted by Crippen LogP contribution is 1.79. The van der Waals surface area contributed by atoms with Gasteiger partial charge in [-0.1, -0.05) is 13.3 Å². The molecule has 0 saturated carbocycles. The Labute approximate surface area is 51.2 Å². The molecule has 0 spiro atoms. The van der Waals surface area contributed by atoms with Crippen LogP contribution in [-0.4, -0.2) is 15.0 Å². The lowest BCUT2D eigenvalue weighted by Crippen LogP contribution is -2.11. The van der Waals surface area contributed by atoms with Crippen LogP contribution in [0.1, 0.15) is 12.8 Å². The van der Waals surface area contributed by atoms with Gasteiger partial charge in [0, 0.05) is 6.54 Å². The average molecular weight is 136 g/mol. The largest absolute Gasteiger partial charge is 0.218 e. The molecule has 0 aliphatic heterocycles. The molecule has 0 fully saturated rings. The number of hydrogen-bond donors (Lipinski definition) is 2. The maximum absolute atomic E-state index is 9.78. The van der Waals surface area contributed by atoms with Crippen LogP contribution >= 0.6 is 0 Å². The molecule has 8 heavy (non-hydrogen) atoms. The summed E-state index contributed by atoms with van der Waals surface area (Å²) >= 11 is 0.